The highest BCUT2D eigenvalue weighted by atomic mass is 35.5. The molecule has 0 saturated carbocycles. The maximum Gasteiger partial charge on any atom is 0.257 e. The van der Waals surface area contributed by atoms with Crippen molar-refractivity contribution in [3.05, 3.63) is 40.5 Å². The van der Waals surface area contributed by atoms with Gasteiger partial charge in [0, 0.05) is 6.20 Å². The summed E-state index contributed by atoms with van der Waals surface area (Å²) in [6, 6.07) is 1.38. The molecule has 2 rings (SSSR count). The number of nitrogens with one attached hydrogen (secondary N) is 1. The predicted octanol–water partition coefficient (Wildman–Crippen LogP) is 2.63. The van der Waals surface area contributed by atoms with Crippen LogP contribution in [0.15, 0.2) is 29.2 Å². The van der Waals surface area contributed by atoms with Gasteiger partial charge in [0.1, 0.15) is 17.1 Å². The first-order chi connectivity index (χ1) is 7.66. The minimum Gasteiger partial charge on any atom is -0.363 e. The van der Waals surface area contributed by atoms with Crippen molar-refractivity contribution in [2.45, 2.75) is 0 Å². The smallest absolute Gasteiger partial charge is 0.257 e. The van der Waals surface area contributed by atoms with Gasteiger partial charge in [0.25, 0.3) is 5.91 Å². The van der Waals surface area contributed by atoms with E-state index in [4.69, 9.17) is 23.2 Å². The van der Waals surface area contributed by atoms with E-state index < -0.39 is 5.91 Å². The molecule has 1 N–H and O–H groups in total. The van der Waals surface area contributed by atoms with Gasteiger partial charge in [-0.3, -0.25) is 4.79 Å². The highest BCUT2D eigenvalue weighted by Gasteiger charge is 2.12. The predicted molar refractivity (Wildman–Crippen MR) is 58.7 cm³/mol. The molecule has 82 valence electrons. The molecule has 0 bridgehead atoms. The van der Waals surface area contributed by atoms with E-state index in [0.29, 0.717) is 5.69 Å². The number of pyridine rings is 1. The van der Waals surface area contributed by atoms with Crippen LogP contribution >= 0.6 is 23.2 Å². The fraction of sp³-hybridized carbons (Fsp3) is 0. The van der Waals surface area contributed by atoms with Crippen molar-refractivity contribution < 1.29 is 9.32 Å². The van der Waals surface area contributed by atoms with E-state index in [1.165, 1.54) is 24.7 Å². The topological polar surface area (TPSA) is 68.0 Å². The SMILES string of the molecule is O=C(Nc1cnoc1)c1cc(Cl)ncc1Cl. The Morgan fingerprint density at radius 3 is 2.88 bits per heavy atom. The number of carbonyl (C=O) groups excluding carboxylic acids is 1. The molecule has 0 aromatic carbocycles. The van der Waals surface area contributed by atoms with Gasteiger partial charge in [0.2, 0.25) is 0 Å². The third-order valence-corrected chi connectivity index (χ3v) is 2.26. The average Bonchev–Trinajstić information content (AvgIpc) is 2.74. The molecule has 0 saturated heterocycles. The van der Waals surface area contributed by atoms with Crippen LogP contribution in [0, 0.1) is 0 Å². The lowest BCUT2D eigenvalue weighted by atomic mass is 10.2. The van der Waals surface area contributed by atoms with Crippen molar-refractivity contribution >= 4 is 34.8 Å². The summed E-state index contributed by atoms with van der Waals surface area (Å²) in [5, 5.41) is 6.40. The number of hydrogen-bond donors (Lipinski definition) is 1. The van der Waals surface area contributed by atoms with Gasteiger partial charge in [-0.1, -0.05) is 28.4 Å². The van der Waals surface area contributed by atoms with Gasteiger partial charge >= 0.3 is 0 Å². The minimum absolute atomic E-state index is 0.194. The number of rotatable bonds is 2. The summed E-state index contributed by atoms with van der Waals surface area (Å²) in [5.41, 5.74) is 0.678. The monoisotopic (exact) mass is 257 g/mol. The van der Waals surface area contributed by atoms with Crippen LogP contribution in [0.3, 0.4) is 0 Å². The van der Waals surface area contributed by atoms with E-state index in [2.05, 4.69) is 20.0 Å². The van der Waals surface area contributed by atoms with Crippen LogP contribution < -0.4 is 5.32 Å². The minimum atomic E-state index is -0.405. The first-order valence-electron chi connectivity index (χ1n) is 4.18. The molecule has 1 amide bonds. The second-order valence-corrected chi connectivity index (χ2v) is 3.65. The van der Waals surface area contributed by atoms with Crippen molar-refractivity contribution in [1.29, 1.82) is 0 Å². The van der Waals surface area contributed by atoms with E-state index in [9.17, 15) is 4.79 Å². The first-order valence-corrected chi connectivity index (χ1v) is 4.94. The zero-order valence-corrected chi connectivity index (χ0v) is 9.29. The lowest BCUT2D eigenvalue weighted by molar-refractivity contribution is 0.102. The Bertz CT molecular complexity index is 513. The molecule has 0 aliphatic heterocycles. The quantitative estimate of drug-likeness (QED) is 0.840. The lowest BCUT2D eigenvalue weighted by Gasteiger charge is -2.03. The van der Waals surface area contributed by atoms with Crippen LogP contribution in [-0.2, 0) is 0 Å². The molecule has 0 aliphatic rings. The molecule has 2 aromatic heterocycles. The Morgan fingerprint density at radius 2 is 2.19 bits per heavy atom. The van der Waals surface area contributed by atoms with Crippen LogP contribution in [0.1, 0.15) is 10.4 Å². The van der Waals surface area contributed by atoms with Crippen molar-refractivity contribution in [3.8, 4) is 0 Å². The number of halogens is 2. The Hall–Kier alpha value is -1.59. The largest absolute Gasteiger partial charge is 0.363 e. The maximum absolute atomic E-state index is 11.7. The van der Waals surface area contributed by atoms with Crippen LogP contribution in [0.4, 0.5) is 5.69 Å². The maximum atomic E-state index is 11.7. The van der Waals surface area contributed by atoms with Crippen molar-refractivity contribution in [2.75, 3.05) is 5.32 Å². The van der Waals surface area contributed by atoms with E-state index >= 15 is 0 Å². The second-order valence-electron chi connectivity index (χ2n) is 2.85. The summed E-state index contributed by atoms with van der Waals surface area (Å²) in [4.78, 5) is 15.5. The van der Waals surface area contributed by atoms with Crippen LogP contribution in [0.25, 0.3) is 0 Å². The summed E-state index contributed by atoms with van der Waals surface area (Å²) >= 11 is 11.5. The highest BCUT2D eigenvalue weighted by Crippen LogP contribution is 2.19. The molecule has 0 unspecified atom stereocenters. The van der Waals surface area contributed by atoms with Crippen molar-refractivity contribution in [3.63, 3.8) is 0 Å². The molecule has 16 heavy (non-hydrogen) atoms. The summed E-state index contributed by atoms with van der Waals surface area (Å²) in [6.07, 6.45) is 3.98. The normalized spacial score (nSPS) is 10.1. The van der Waals surface area contributed by atoms with Crippen LogP contribution in [-0.4, -0.2) is 16.0 Å². The Labute approximate surface area is 100 Å². The molecule has 5 nitrogen and oxygen atoms in total. The van der Waals surface area contributed by atoms with Gasteiger partial charge in [0.15, 0.2) is 0 Å². The number of carbonyl (C=O) groups is 1. The van der Waals surface area contributed by atoms with Crippen LogP contribution in [0.2, 0.25) is 10.2 Å². The zero-order valence-electron chi connectivity index (χ0n) is 7.78. The molecule has 0 spiro atoms. The zero-order chi connectivity index (χ0) is 11.5. The Kier molecular flexibility index (Phi) is 3.07. The van der Waals surface area contributed by atoms with Crippen molar-refractivity contribution in [2.24, 2.45) is 0 Å². The van der Waals surface area contributed by atoms with Gasteiger partial charge in [-0.05, 0) is 6.07 Å². The standard InChI is InChI=1S/C9H5Cl2N3O2/c10-7-3-12-8(11)1-6(7)9(15)14-5-2-13-16-4-5/h1-4H,(H,14,15). The van der Waals surface area contributed by atoms with E-state index in [1.54, 1.807) is 0 Å². The lowest BCUT2D eigenvalue weighted by Crippen LogP contribution is -2.12. The fourth-order valence-electron chi connectivity index (χ4n) is 1.05. The number of nitrogens with zero attached hydrogens (tertiary/aromatic N) is 2. The van der Waals surface area contributed by atoms with Gasteiger partial charge in [0.05, 0.1) is 16.8 Å². The highest BCUT2D eigenvalue weighted by molar-refractivity contribution is 6.35. The van der Waals surface area contributed by atoms with Crippen LogP contribution in [0.5, 0.6) is 0 Å². The summed E-state index contributed by atoms with van der Waals surface area (Å²) < 4.78 is 4.57. The molecule has 0 radical (unpaired) electrons. The van der Waals surface area contributed by atoms with E-state index in [-0.39, 0.29) is 15.7 Å². The van der Waals surface area contributed by atoms with Gasteiger partial charge in [-0.2, -0.15) is 0 Å². The van der Waals surface area contributed by atoms with E-state index in [1.807, 2.05) is 0 Å². The molecular formula is C9H5Cl2N3O2. The third-order valence-electron chi connectivity index (χ3n) is 1.76. The summed E-state index contributed by atoms with van der Waals surface area (Å²) in [7, 11) is 0. The molecule has 7 heteroatoms. The summed E-state index contributed by atoms with van der Waals surface area (Å²) in [6.45, 7) is 0. The second kappa shape index (κ2) is 4.51. The molecule has 0 atom stereocenters. The third kappa shape index (κ3) is 2.32. The Morgan fingerprint density at radius 1 is 1.38 bits per heavy atom. The number of amides is 1. The van der Waals surface area contributed by atoms with Crippen molar-refractivity contribution in [1.82, 2.24) is 10.1 Å². The number of aromatic nitrogens is 2. The van der Waals surface area contributed by atoms with Gasteiger partial charge in [-0.25, -0.2) is 4.98 Å². The number of hydrogen-bond acceptors (Lipinski definition) is 4. The molecule has 2 aromatic rings. The molecule has 0 aliphatic carbocycles. The molecule has 0 fully saturated rings. The average molecular weight is 258 g/mol. The molecule has 2 heterocycles. The Balaban J connectivity index is 2.24. The van der Waals surface area contributed by atoms with Gasteiger partial charge in [-0.15, -0.1) is 0 Å². The van der Waals surface area contributed by atoms with Gasteiger partial charge < -0.3 is 9.84 Å². The first kappa shape index (κ1) is 10.9. The summed E-state index contributed by atoms with van der Waals surface area (Å²) in [5.74, 6) is -0.405. The molecular weight excluding hydrogens is 253 g/mol. The number of anilines is 1. The van der Waals surface area contributed by atoms with E-state index in [0.717, 1.165) is 0 Å². The fourth-order valence-corrected chi connectivity index (χ4v) is 1.40.